The van der Waals surface area contributed by atoms with Crippen molar-refractivity contribution in [2.45, 2.75) is 20.2 Å². The van der Waals surface area contributed by atoms with Crippen LogP contribution in [0.5, 0.6) is 0 Å². The molecule has 0 aromatic carbocycles. The summed E-state index contributed by atoms with van der Waals surface area (Å²) in [6, 6.07) is 0. The molecule has 0 aromatic rings. The van der Waals surface area contributed by atoms with E-state index in [1.807, 2.05) is 0 Å². The van der Waals surface area contributed by atoms with Gasteiger partial charge in [0.05, 0.1) is 0 Å². The fourth-order valence-corrected chi connectivity index (χ4v) is 1.98. The maximum atomic E-state index is 12.1. The second-order valence-electron chi connectivity index (χ2n) is 4.46. The molecule has 24 heavy (non-hydrogen) atoms. The van der Waals surface area contributed by atoms with Gasteiger partial charge in [-0.2, -0.15) is 0 Å². The van der Waals surface area contributed by atoms with Gasteiger partial charge in [-0.25, -0.2) is 9.59 Å². The normalized spacial score (nSPS) is 15.6. The lowest BCUT2D eigenvalue weighted by molar-refractivity contribution is 0.0699. The predicted molar refractivity (Wildman–Crippen MR) is 94.7 cm³/mol. The number of carbonyl (C=O) groups excluding carboxylic acids is 2. The Kier molecular flexibility index (Phi) is 8.10. The van der Waals surface area contributed by atoms with Crippen LogP contribution in [-0.2, 0) is 9.47 Å². The molecule has 0 N–H and O–H groups in total. The van der Waals surface area contributed by atoms with Gasteiger partial charge in [-0.1, -0.05) is 75.7 Å². The van der Waals surface area contributed by atoms with E-state index in [0.29, 0.717) is 0 Å². The zero-order valence-electron chi connectivity index (χ0n) is 11.9. The lowest BCUT2D eigenvalue weighted by Crippen LogP contribution is -2.45. The Hall–Kier alpha value is -0.240. The van der Waals surface area contributed by atoms with Gasteiger partial charge in [0, 0.05) is 18.8 Å². The number of halogens is 6. The number of rotatable bonds is 4. The van der Waals surface area contributed by atoms with Crippen LogP contribution in [0.1, 0.15) is 6.42 Å². The Bertz CT molecular complexity index is 477. The highest BCUT2D eigenvalue weighted by Gasteiger charge is 2.37. The largest absolute Gasteiger partial charge is 0.445 e. The van der Waals surface area contributed by atoms with Crippen LogP contribution in [0.4, 0.5) is 9.59 Å². The molecule has 0 radical (unpaired) electrons. The van der Waals surface area contributed by atoms with Gasteiger partial charge in [0.2, 0.25) is 7.59 Å². The van der Waals surface area contributed by atoms with Crippen molar-refractivity contribution < 1.29 is 19.1 Å². The summed E-state index contributed by atoms with van der Waals surface area (Å²) in [5.74, 6) is 0. The maximum Gasteiger partial charge on any atom is 0.415 e. The highest BCUT2D eigenvalue weighted by molar-refractivity contribution is 6.68. The summed E-state index contributed by atoms with van der Waals surface area (Å²) in [5, 5.41) is 0. The van der Waals surface area contributed by atoms with Crippen LogP contribution in [0.25, 0.3) is 0 Å². The highest BCUT2D eigenvalue weighted by atomic mass is 35.6. The number of alkyl halides is 6. The smallest absolute Gasteiger partial charge is 0.415 e. The molecule has 0 aromatic heterocycles. The van der Waals surface area contributed by atoms with Crippen LogP contribution in [0.3, 0.4) is 0 Å². The molecule has 0 saturated carbocycles. The first-order chi connectivity index (χ1) is 10.9. The average Bonchev–Trinajstić information content (AvgIpc) is 2.85. The van der Waals surface area contributed by atoms with Crippen molar-refractivity contribution in [3.63, 3.8) is 0 Å². The zero-order valence-corrected chi connectivity index (χ0v) is 16.5. The van der Waals surface area contributed by atoms with Crippen molar-refractivity contribution in [1.82, 2.24) is 9.80 Å². The first kappa shape index (κ1) is 21.8. The van der Waals surface area contributed by atoms with Gasteiger partial charge in [-0.3, -0.25) is 9.80 Å². The Labute approximate surface area is 168 Å². The van der Waals surface area contributed by atoms with Gasteiger partial charge in [-0.15, -0.1) is 6.58 Å². The van der Waals surface area contributed by atoms with Crippen molar-refractivity contribution in [1.29, 1.82) is 0 Å². The number of carbonyl (C=O) groups is 2. The van der Waals surface area contributed by atoms with Crippen molar-refractivity contribution in [3.05, 3.63) is 25.1 Å². The fraction of sp³-hybridized carbons (Fsp3) is 0.500. The SMILES string of the molecule is C=CCC1N(C(=O)OCC(Cl)(Cl)Cl)C=CN1C(=O)OCC(Cl)(Cl)Cl. The Morgan fingerprint density at radius 3 is 1.62 bits per heavy atom. The van der Waals surface area contributed by atoms with E-state index < -0.39 is 39.2 Å². The molecule has 1 aliphatic heterocycles. The lowest BCUT2D eigenvalue weighted by Gasteiger charge is -2.29. The second-order valence-corrected chi connectivity index (χ2v) is 9.49. The number of hydrogen-bond donors (Lipinski definition) is 0. The Morgan fingerprint density at radius 1 is 0.958 bits per heavy atom. The molecule has 0 atom stereocenters. The van der Waals surface area contributed by atoms with Gasteiger partial charge in [0.1, 0.15) is 19.4 Å². The Morgan fingerprint density at radius 2 is 1.33 bits per heavy atom. The summed E-state index contributed by atoms with van der Waals surface area (Å²) < 4.78 is 6.24. The third kappa shape index (κ3) is 7.33. The minimum atomic E-state index is -1.75. The van der Waals surface area contributed by atoms with Crippen LogP contribution in [0, 0.1) is 0 Å². The first-order valence-corrected chi connectivity index (χ1v) is 8.54. The molecule has 1 rings (SSSR count). The van der Waals surface area contributed by atoms with Crippen molar-refractivity contribution in [3.8, 4) is 0 Å². The maximum absolute atomic E-state index is 12.1. The van der Waals surface area contributed by atoms with E-state index in [2.05, 4.69) is 6.58 Å². The van der Waals surface area contributed by atoms with E-state index >= 15 is 0 Å². The molecule has 1 aliphatic rings. The molecular formula is C12H12Cl6N2O4. The van der Waals surface area contributed by atoms with Gasteiger partial charge < -0.3 is 9.47 Å². The van der Waals surface area contributed by atoms with Crippen LogP contribution in [-0.4, -0.2) is 49.0 Å². The third-order valence-electron chi connectivity index (χ3n) is 2.55. The van der Waals surface area contributed by atoms with E-state index in [1.165, 1.54) is 18.5 Å². The molecule has 0 aliphatic carbocycles. The zero-order chi connectivity index (χ0) is 18.5. The van der Waals surface area contributed by atoms with E-state index in [0.717, 1.165) is 9.80 Å². The van der Waals surface area contributed by atoms with Crippen LogP contribution in [0.15, 0.2) is 25.1 Å². The number of ether oxygens (including phenoxy) is 2. The van der Waals surface area contributed by atoms with Gasteiger partial charge >= 0.3 is 12.2 Å². The summed E-state index contributed by atoms with van der Waals surface area (Å²) in [4.78, 5) is 26.4. The molecule has 12 heteroatoms. The molecule has 0 unspecified atom stereocenters. The predicted octanol–water partition coefficient (Wildman–Crippen LogP) is 4.99. The first-order valence-electron chi connectivity index (χ1n) is 6.27. The standard InChI is InChI=1S/C12H12Cl6N2O4/c1-2-3-8-19(9(21)23-6-11(13,14)15)4-5-20(8)10(22)24-7-12(16,17)18/h2,4-5,8H,1,3,6-7H2. The van der Waals surface area contributed by atoms with Crippen LogP contribution >= 0.6 is 69.6 Å². The summed E-state index contributed by atoms with van der Waals surface area (Å²) in [7, 11) is 0. The molecule has 0 spiro atoms. The van der Waals surface area contributed by atoms with E-state index in [1.54, 1.807) is 0 Å². The summed E-state index contributed by atoms with van der Waals surface area (Å²) in [6.45, 7) is 2.65. The summed E-state index contributed by atoms with van der Waals surface area (Å²) in [5.41, 5.74) is 0. The van der Waals surface area contributed by atoms with Gasteiger partial charge in [0.25, 0.3) is 0 Å². The number of hydrogen-bond acceptors (Lipinski definition) is 4. The molecular weight excluding hydrogens is 449 g/mol. The van der Waals surface area contributed by atoms with E-state index in [-0.39, 0.29) is 6.42 Å². The highest BCUT2D eigenvalue weighted by Crippen LogP contribution is 2.29. The third-order valence-corrected chi connectivity index (χ3v) is 3.20. The molecule has 0 bridgehead atoms. The van der Waals surface area contributed by atoms with E-state index in [9.17, 15) is 9.59 Å². The molecule has 6 nitrogen and oxygen atoms in total. The van der Waals surface area contributed by atoms with Crippen molar-refractivity contribution in [2.24, 2.45) is 0 Å². The molecule has 2 amide bonds. The fourth-order valence-electron chi connectivity index (χ4n) is 1.65. The summed E-state index contributed by atoms with van der Waals surface area (Å²) in [6.07, 6.45) is 1.94. The molecule has 136 valence electrons. The number of nitrogens with zero attached hydrogens (tertiary/aromatic N) is 2. The second kappa shape index (κ2) is 8.92. The monoisotopic (exact) mass is 458 g/mol. The topological polar surface area (TPSA) is 59.1 Å². The molecule has 0 fully saturated rings. The minimum Gasteiger partial charge on any atom is -0.445 e. The molecule has 1 heterocycles. The Balaban J connectivity index is 2.73. The van der Waals surface area contributed by atoms with Gasteiger partial charge in [-0.05, 0) is 0 Å². The van der Waals surface area contributed by atoms with Crippen molar-refractivity contribution >= 4 is 81.8 Å². The van der Waals surface area contributed by atoms with Crippen LogP contribution < -0.4 is 0 Å². The lowest BCUT2D eigenvalue weighted by atomic mass is 10.3. The quantitative estimate of drug-likeness (QED) is 0.438. The molecule has 0 saturated heterocycles. The number of amides is 2. The minimum absolute atomic E-state index is 0.221. The summed E-state index contributed by atoms with van der Waals surface area (Å²) >= 11 is 33.1. The average molecular weight is 461 g/mol. The van der Waals surface area contributed by atoms with Crippen LogP contribution in [0.2, 0.25) is 0 Å². The van der Waals surface area contributed by atoms with Crippen molar-refractivity contribution in [2.75, 3.05) is 13.2 Å². The van der Waals surface area contributed by atoms with E-state index in [4.69, 9.17) is 79.1 Å². The van der Waals surface area contributed by atoms with Gasteiger partial charge in [0.15, 0.2) is 0 Å².